The fraction of sp³-hybridized carbons (Fsp3) is 0.200. The number of halogens is 3. The Balaban J connectivity index is 1.72. The molecule has 0 unspecified atom stereocenters. The van der Waals surface area contributed by atoms with Crippen LogP contribution in [0.4, 0.5) is 13.2 Å². The molecule has 1 amide bonds. The van der Waals surface area contributed by atoms with Crippen molar-refractivity contribution in [3.05, 3.63) is 60.3 Å². The molecule has 10 heteroatoms. The number of aryl methyl sites for hydroxylation is 1. The van der Waals surface area contributed by atoms with Crippen LogP contribution in [0.2, 0.25) is 0 Å². The topological polar surface area (TPSA) is 83.6 Å². The van der Waals surface area contributed by atoms with Gasteiger partial charge >= 0.3 is 6.18 Å². The molecule has 3 aromatic rings. The van der Waals surface area contributed by atoms with Crippen LogP contribution in [-0.4, -0.2) is 38.0 Å². The molecule has 1 aromatic carbocycles. The normalized spacial score (nSPS) is 12.3. The van der Waals surface area contributed by atoms with E-state index in [0.29, 0.717) is 11.2 Å². The first-order valence-electron chi connectivity index (χ1n) is 8.89. The summed E-state index contributed by atoms with van der Waals surface area (Å²) >= 11 is 0.959. The third-order valence-electron chi connectivity index (χ3n) is 4.23. The monoisotopic (exact) mass is 433 g/mol. The van der Waals surface area contributed by atoms with Gasteiger partial charge in [0.05, 0.1) is 17.0 Å². The smallest absolute Gasteiger partial charge is 0.338 e. The average molecular weight is 433 g/mol. The van der Waals surface area contributed by atoms with E-state index in [4.69, 9.17) is 0 Å². The Hall–Kier alpha value is -3.14. The van der Waals surface area contributed by atoms with Crippen LogP contribution in [0.5, 0.6) is 0 Å². The Morgan fingerprint density at radius 3 is 2.77 bits per heavy atom. The van der Waals surface area contributed by atoms with E-state index < -0.39 is 23.4 Å². The van der Waals surface area contributed by atoms with E-state index in [1.165, 1.54) is 0 Å². The van der Waals surface area contributed by atoms with Gasteiger partial charge in [-0.2, -0.15) is 13.2 Å². The van der Waals surface area contributed by atoms with E-state index in [2.05, 4.69) is 45.6 Å². The number of aromatic nitrogens is 4. The standard InChI is InChI=1S/C20H18F3N5OS/c1-4-6-14(11(3)20(21,22)23)24-16(29)10-30-19-26-18-17(27-28-19)13-9-12(5-2)7-8-15(13)25-18/h4,6-9H,1,3,5,10H2,2H3,(H,24,29)(H,25,26,28)/b14-6+. The van der Waals surface area contributed by atoms with E-state index in [-0.39, 0.29) is 10.9 Å². The lowest BCUT2D eigenvalue weighted by Crippen LogP contribution is -2.29. The third-order valence-corrected chi connectivity index (χ3v) is 5.06. The fourth-order valence-corrected chi connectivity index (χ4v) is 3.28. The largest absolute Gasteiger partial charge is 0.417 e. The summed E-state index contributed by atoms with van der Waals surface area (Å²) in [4.78, 5) is 19.6. The highest BCUT2D eigenvalue weighted by Gasteiger charge is 2.34. The molecule has 0 aliphatic carbocycles. The van der Waals surface area contributed by atoms with Crippen LogP contribution in [0, 0.1) is 0 Å². The van der Waals surface area contributed by atoms with Crippen LogP contribution >= 0.6 is 11.8 Å². The highest BCUT2D eigenvalue weighted by atomic mass is 32.2. The van der Waals surface area contributed by atoms with Crippen molar-refractivity contribution in [3.8, 4) is 0 Å². The molecule has 0 fully saturated rings. The number of thioether (sulfide) groups is 1. The second-order valence-corrected chi connectivity index (χ2v) is 7.22. The summed E-state index contributed by atoms with van der Waals surface area (Å²) in [7, 11) is 0. The molecule has 0 bridgehead atoms. The van der Waals surface area contributed by atoms with Gasteiger partial charge in [0, 0.05) is 10.9 Å². The minimum absolute atomic E-state index is 0.201. The van der Waals surface area contributed by atoms with E-state index in [9.17, 15) is 18.0 Å². The van der Waals surface area contributed by atoms with Crippen LogP contribution in [0.1, 0.15) is 12.5 Å². The van der Waals surface area contributed by atoms with Gasteiger partial charge in [0.15, 0.2) is 5.65 Å². The molecule has 0 aliphatic rings. The lowest BCUT2D eigenvalue weighted by Gasteiger charge is -2.14. The second kappa shape index (κ2) is 8.70. The molecule has 2 heterocycles. The molecule has 2 N–H and O–H groups in total. The van der Waals surface area contributed by atoms with Gasteiger partial charge in [-0.25, -0.2) is 4.98 Å². The zero-order chi connectivity index (χ0) is 21.9. The Kier molecular flexibility index (Phi) is 6.25. The van der Waals surface area contributed by atoms with E-state index >= 15 is 0 Å². The van der Waals surface area contributed by atoms with Gasteiger partial charge in [-0.15, -0.1) is 10.2 Å². The number of nitrogens with zero attached hydrogens (tertiary/aromatic N) is 3. The molecule has 0 spiro atoms. The Morgan fingerprint density at radius 1 is 1.33 bits per heavy atom. The minimum Gasteiger partial charge on any atom is -0.338 e. The number of carbonyl (C=O) groups excluding carboxylic acids is 1. The van der Waals surface area contributed by atoms with Crippen LogP contribution in [0.25, 0.3) is 22.1 Å². The van der Waals surface area contributed by atoms with Crippen molar-refractivity contribution in [3.63, 3.8) is 0 Å². The van der Waals surface area contributed by atoms with Crippen molar-refractivity contribution in [2.24, 2.45) is 0 Å². The van der Waals surface area contributed by atoms with Gasteiger partial charge in [0.25, 0.3) is 0 Å². The van der Waals surface area contributed by atoms with Gasteiger partial charge in [-0.1, -0.05) is 44.0 Å². The number of rotatable bonds is 7. The lowest BCUT2D eigenvalue weighted by molar-refractivity contribution is -0.118. The molecular formula is C20H18F3N5OS. The Labute approximate surface area is 174 Å². The van der Waals surface area contributed by atoms with Crippen molar-refractivity contribution in [1.82, 2.24) is 25.5 Å². The second-order valence-electron chi connectivity index (χ2n) is 6.28. The molecule has 30 heavy (non-hydrogen) atoms. The van der Waals surface area contributed by atoms with Crippen molar-refractivity contribution in [1.29, 1.82) is 0 Å². The number of fused-ring (bicyclic) bond motifs is 3. The predicted molar refractivity (Wildman–Crippen MR) is 111 cm³/mol. The molecule has 0 aliphatic heterocycles. The molecule has 0 radical (unpaired) electrons. The zero-order valence-electron chi connectivity index (χ0n) is 16.0. The number of nitrogens with one attached hydrogen (secondary N) is 2. The number of hydrogen-bond donors (Lipinski definition) is 2. The fourth-order valence-electron chi connectivity index (χ4n) is 2.69. The zero-order valence-corrected chi connectivity index (χ0v) is 16.8. The summed E-state index contributed by atoms with van der Waals surface area (Å²) in [6, 6.07) is 5.97. The highest BCUT2D eigenvalue weighted by Crippen LogP contribution is 2.29. The minimum atomic E-state index is -4.67. The molecule has 6 nitrogen and oxygen atoms in total. The Bertz CT molecular complexity index is 1170. The number of amides is 1. The number of alkyl halides is 3. The van der Waals surface area contributed by atoms with Gasteiger partial charge < -0.3 is 10.3 Å². The molecule has 0 saturated heterocycles. The number of hydrogen-bond acceptors (Lipinski definition) is 5. The van der Waals surface area contributed by atoms with Crippen molar-refractivity contribution < 1.29 is 18.0 Å². The molecular weight excluding hydrogens is 415 g/mol. The number of allylic oxidation sites excluding steroid dienone is 3. The summed E-state index contributed by atoms with van der Waals surface area (Å²) in [6.45, 7) is 8.39. The first-order valence-corrected chi connectivity index (χ1v) is 9.88. The van der Waals surface area contributed by atoms with Gasteiger partial charge in [-0.05, 0) is 30.2 Å². The maximum absolute atomic E-state index is 12.8. The third kappa shape index (κ3) is 4.70. The van der Waals surface area contributed by atoms with Crippen LogP contribution in [0.3, 0.4) is 0 Å². The number of carbonyl (C=O) groups is 1. The molecule has 3 rings (SSSR count). The van der Waals surface area contributed by atoms with Crippen molar-refractivity contribution >= 4 is 39.7 Å². The van der Waals surface area contributed by atoms with E-state index in [1.807, 2.05) is 18.2 Å². The van der Waals surface area contributed by atoms with E-state index in [1.54, 1.807) is 0 Å². The maximum Gasteiger partial charge on any atom is 0.417 e. The predicted octanol–water partition coefficient (Wildman–Crippen LogP) is 4.47. The van der Waals surface area contributed by atoms with E-state index in [0.717, 1.165) is 46.8 Å². The SMILES string of the molecule is C=C/C=C(/NC(=O)CSc1nnc2c(n1)[nH]c1ccc(CC)cc12)C(=C)C(F)(F)F. The molecule has 0 atom stereocenters. The van der Waals surface area contributed by atoms with Crippen LogP contribution in [0.15, 0.2) is 59.9 Å². The first kappa shape index (κ1) is 21.6. The lowest BCUT2D eigenvalue weighted by atomic mass is 10.1. The highest BCUT2D eigenvalue weighted by molar-refractivity contribution is 7.99. The van der Waals surface area contributed by atoms with Gasteiger partial charge in [0.2, 0.25) is 11.1 Å². The van der Waals surface area contributed by atoms with Crippen molar-refractivity contribution in [2.75, 3.05) is 5.75 Å². The molecule has 156 valence electrons. The first-order chi connectivity index (χ1) is 14.2. The summed E-state index contributed by atoms with van der Waals surface area (Å²) in [5, 5.41) is 11.5. The maximum atomic E-state index is 12.8. The summed E-state index contributed by atoms with van der Waals surface area (Å²) in [5.41, 5.74) is 1.54. The van der Waals surface area contributed by atoms with Crippen LogP contribution < -0.4 is 5.32 Å². The molecule has 2 aromatic heterocycles. The number of H-pyrrole nitrogens is 1. The van der Waals surface area contributed by atoms with Gasteiger partial charge in [0.1, 0.15) is 5.52 Å². The summed E-state index contributed by atoms with van der Waals surface area (Å²) in [6.07, 6.45) is -1.60. The number of benzene rings is 1. The average Bonchev–Trinajstić information content (AvgIpc) is 3.07. The van der Waals surface area contributed by atoms with Crippen LogP contribution in [-0.2, 0) is 11.2 Å². The van der Waals surface area contributed by atoms with Gasteiger partial charge in [-0.3, -0.25) is 4.79 Å². The molecule has 0 saturated carbocycles. The van der Waals surface area contributed by atoms with Crippen molar-refractivity contribution in [2.45, 2.75) is 24.7 Å². The summed E-state index contributed by atoms with van der Waals surface area (Å²) < 4.78 is 38.5. The summed E-state index contributed by atoms with van der Waals surface area (Å²) in [5.74, 6) is -0.862. The Morgan fingerprint density at radius 2 is 2.10 bits per heavy atom. The quantitative estimate of drug-likeness (QED) is 0.424. The number of aromatic amines is 1.